The predicted octanol–water partition coefficient (Wildman–Crippen LogP) is -0.371. The first-order chi connectivity index (χ1) is 7.07. The number of hydrogen-bond donors (Lipinski definition) is 2. The van der Waals surface area contributed by atoms with Crippen molar-refractivity contribution in [3.63, 3.8) is 0 Å². The van der Waals surface area contributed by atoms with Gasteiger partial charge in [0.1, 0.15) is 12.6 Å². The quantitative estimate of drug-likeness (QED) is 0.544. The van der Waals surface area contributed by atoms with E-state index in [0.717, 1.165) is 0 Å². The van der Waals surface area contributed by atoms with Crippen LogP contribution in [0.2, 0.25) is 0 Å². The Morgan fingerprint density at radius 1 is 1.33 bits per heavy atom. The molecule has 88 valence electrons. The molecule has 0 bridgehead atoms. The van der Waals surface area contributed by atoms with Crippen molar-refractivity contribution in [3.05, 3.63) is 0 Å². The maximum atomic E-state index is 11.1. The first-order valence-corrected chi connectivity index (χ1v) is 4.75. The van der Waals surface area contributed by atoms with Crippen molar-refractivity contribution in [1.82, 2.24) is 5.32 Å². The van der Waals surface area contributed by atoms with Gasteiger partial charge < -0.3 is 19.9 Å². The van der Waals surface area contributed by atoms with E-state index in [9.17, 15) is 9.59 Å². The van der Waals surface area contributed by atoms with Crippen LogP contribution in [0.3, 0.4) is 0 Å². The molecule has 0 saturated heterocycles. The van der Waals surface area contributed by atoms with Crippen LogP contribution in [0.15, 0.2) is 0 Å². The Balaban J connectivity index is 3.45. The second-order valence-corrected chi connectivity index (χ2v) is 2.88. The number of carboxylic acids is 1. The molecule has 0 aliphatic rings. The highest BCUT2D eigenvalue weighted by molar-refractivity contribution is 5.83. The Morgan fingerprint density at radius 3 is 2.47 bits per heavy atom. The van der Waals surface area contributed by atoms with Crippen LogP contribution < -0.4 is 5.32 Å². The van der Waals surface area contributed by atoms with Gasteiger partial charge in [-0.3, -0.25) is 9.59 Å². The fourth-order valence-electron chi connectivity index (χ4n) is 0.772. The zero-order valence-electron chi connectivity index (χ0n) is 8.99. The summed E-state index contributed by atoms with van der Waals surface area (Å²) in [7, 11) is 0. The average molecular weight is 219 g/mol. The van der Waals surface area contributed by atoms with E-state index in [1.807, 2.05) is 6.92 Å². The Labute approximate surface area is 88.6 Å². The van der Waals surface area contributed by atoms with E-state index in [4.69, 9.17) is 14.6 Å². The third-order valence-corrected chi connectivity index (χ3v) is 1.56. The minimum atomic E-state index is -1.07. The maximum Gasteiger partial charge on any atom is 0.325 e. The van der Waals surface area contributed by atoms with E-state index in [1.165, 1.54) is 6.92 Å². The van der Waals surface area contributed by atoms with E-state index >= 15 is 0 Å². The van der Waals surface area contributed by atoms with Crippen LogP contribution in [-0.2, 0) is 19.1 Å². The first kappa shape index (κ1) is 13.9. The lowest BCUT2D eigenvalue weighted by molar-refractivity contribution is -0.142. The molecule has 0 aliphatic carbocycles. The highest BCUT2D eigenvalue weighted by atomic mass is 16.5. The van der Waals surface area contributed by atoms with Gasteiger partial charge in [-0.2, -0.15) is 0 Å². The van der Waals surface area contributed by atoms with E-state index in [1.54, 1.807) is 0 Å². The Hall–Kier alpha value is -1.14. The number of nitrogens with one attached hydrogen (secondary N) is 1. The van der Waals surface area contributed by atoms with E-state index in [0.29, 0.717) is 19.8 Å². The normalized spacial score (nSPS) is 12.1. The highest BCUT2D eigenvalue weighted by Gasteiger charge is 2.13. The lowest BCUT2D eigenvalue weighted by Gasteiger charge is -2.09. The van der Waals surface area contributed by atoms with E-state index in [-0.39, 0.29) is 6.61 Å². The Bertz CT molecular complexity index is 207. The van der Waals surface area contributed by atoms with Crippen LogP contribution in [0.5, 0.6) is 0 Å². The summed E-state index contributed by atoms with van der Waals surface area (Å²) in [5, 5.41) is 10.8. The maximum absolute atomic E-state index is 11.1. The second kappa shape index (κ2) is 8.19. The summed E-state index contributed by atoms with van der Waals surface area (Å²) in [4.78, 5) is 21.4. The molecule has 15 heavy (non-hydrogen) atoms. The minimum Gasteiger partial charge on any atom is -0.480 e. The molecule has 0 aromatic rings. The van der Waals surface area contributed by atoms with Gasteiger partial charge in [0.05, 0.1) is 13.2 Å². The van der Waals surface area contributed by atoms with Crippen LogP contribution in [-0.4, -0.2) is 49.5 Å². The molecular weight excluding hydrogens is 202 g/mol. The van der Waals surface area contributed by atoms with Crippen LogP contribution >= 0.6 is 0 Å². The molecule has 0 aromatic heterocycles. The number of hydrogen-bond acceptors (Lipinski definition) is 4. The molecule has 6 heteroatoms. The predicted molar refractivity (Wildman–Crippen MR) is 52.6 cm³/mol. The van der Waals surface area contributed by atoms with E-state index in [2.05, 4.69) is 5.32 Å². The number of amides is 1. The number of carbonyl (C=O) groups is 2. The molecule has 1 amide bonds. The molecule has 6 nitrogen and oxygen atoms in total. The van der Waals surface area contributed by atoms with Crippen molar-refractivity contribution < 1.29 is 24.2 Å². The molecule has 0 rings (SSSR count). The molecule has 0 saturated carbocycles. The summed E-state index contributed by atoms with van der Waals surface area (Å²) in [6, 6.07) is -0.895. The number of ether oxygens (including phenoxy) is 2. The smallest absolute Gasteiger partial charge is 0.325 e. The molecule has 0 radical (unpaired) electrons. The van der Waals surface area contributed by atoms with Gasteiger partial charge in [0.2, 0.25) is 5.91 Å². The fourth-order valence-corrected chi connectivity index (χ4v) is 0.772. The van der Waals surface area contributed by atoms with Gasteiger partial charge in [-0.15, -0.1) is 0 Å². The van der Waals surface area contributed by atoms with Crippen molar-refractivity contribution in [2.75, 3.05) is 26.4 Å². The molecule has 0 heterocycles. The van der Waals surface area contributed by atoms with E-state index < -0.39 is 17.9 Å². The lowest BCUT2D eigenvalue weighted by atomic mass is 10.3. The van der Waals surface area contributed by atoms with Gasteiger partial charge in [0.15, 0.2) is 0 Å². The van der Waals surface area contributed by atoms with Crippen molar-refractivity contribution in [2.45, 2.75) is 19.9 Å². The first-order valence-electron chi connectivity index (χ1n) is 4.75. The molecule has 0 fully saturated rings. The van der Waals surface area contributed by atoms with Crippen LogP contribution in [0.4, 0.5) is 0 Å². The van der Waals surface area contributed by atoms with Crippen molar-refractivity contribution in [3.8, 4) is 0 Å². The monoisotopic (exact) mass is 219 g/mol. The van der Waals surface area contributed by atoms with Crippen molar-refractivity contribution >= 4 is 11.9 Å². The summed E-state index contributed by atoms with van der Waals surface area (Å²) in [5.74, 6) is -1.51. The molecule has 0 spiro atoms. The van der Waals surface area contributed by atoms with Gasteiger partial charge in [0, 0.05) is 6.61 Å². The summed E-state index contributed by atoms with van der Waals surface area (Å²) < 4.78 is 9.93. The Kier molecular flexibility index (Phi) is 7.57. The fraction of sp³-hybridized carbons (Fsp3) is 0.778. The van der Waals surface area contributed by atoms with Gasteiger partial charge >= 0.3 is 5.97 Å². The van der Waals surface area contributed by atoms with Crippen LogP contribution in [0.25, 0.3) is 0 Å². The topological polar surface area (TPSA) is 84.9 Å². The van der Waals surface area contributed by atoms with Crippen molar-refractivity contribution in [2.24, 2.45) is 0 Å². The largest absolute Gasteiger partial charge is 0.480 e. The minimum absolute atomic E-state index is 0.148. The number of carboxylic acid groups (broad SMARTS) is 1. The molecule has 0 aliphatic heterocycles. The molecular formula is C9H17NO5. The second-order valence-electron chi connectivity index (χ2n) is 2.88. The van der Waals surface area contributed by atoms with Crippen LogP contribution in [0.1, 0.15) is 13.8 Å². The third kappa shape index (κ3) is 7.90. The number of rotatable bonds is 8. The zero-order valence-corrected chi connectivity index (χ0v) is 8.99. The standard InChI is InChI=1S/C9H17NO5/c1-3-14-4-5-15-6-8(11)10-7(2)9(12)13/h7H,3-6H2,1-2H3,(H,10,11)(H,12,13)/t7-/m0/s1. The molecule has 2 N–H and O–H groups in total. The summed E-state index contributed by atoms with van der Waals surface area (Å²) >= 11 is 0. The Morgan fingerprint density at radius 2 is 1.93 bits per heavy atom. The number of carbonyl (C=O) groups excluding carboxylic acids is 1. The van der Waals surface area contributed by atoms with Gasteiger partial charge in [0.25, 0.3) is 0 Å². The lowest BCUT2D eigenvalue weighted by Crippen LogP contribution is -2.40. The summed E-state index contributed by atoms with van der Waals surface area (Å²) in [5.41, 5.74) is 0. The van der Waals surface area contributed by atoms with Gasteiger partial charge in [-0.25, -0.2) is 0 Å². The summed E-state index contributed by atoms with van der Waals surface area (Å²) in [6.07, 6.45) is 0. The van der Waals surface area contributed by atoms with Crippen molar-refractivity contribution in [1.29, 1.82) is 0 Å². The third-order valence-electron chi connectivity index (χ3n) is 1.56. The summed E-state index contributed by atoms with van der Waals surface area (Å²) in [6.45, 7) is 4.46. The molecule has 0 aromatic carbocycles. The average Bonchev–Trinajstić information content (AvgIpc) is 2.17. The molecule has 1 atom stereocenters. The molecule has 0 unspecified atom stereocenters. The SMILES string of the molecule is CCOCCOCC(=O)N[C@@H](C)C(=O)O. The van der Waals surface area contributed by atoms with Crippen LogP contribution in [0, 0.1) is 0 Å². The van der Waals surface area contributed by atoms with Gasteiger partial charge in [-0.1, -0.05) is 0 Å². The highest BCUT2D eigenvalue weighted by Crippen LogP contribution is 1.83. The zero-order chi connectivity index (χ0) is 11.7. The number of aliphatic carboxylic acids is 1. The van der Waals surface area contributed by atoms with Gasteiger partial charge in [-0.05, 0) is 13.8 Å².